The molecule has 2 aliphatic heterocycles. The van der Waals surface area contributed by atoms with Crippen LogP contribution in [-0.4, -0.2) is 47.3 Å². The summed E-state index contributed by atoms with van der Waals surface area (Å²) in [6.45, 7) is 2.60. The van der Waals surface area contributed by atoms with Crippen LogP contribution in [0.25, 0.3) is 0 Å². The van der Waals surface area contributed by atoms with E-state index in [4.69, 9.17) is 0 Å². The van der Waals surface area contributed by atoms with E-state index in [2.05, 4.69) is 10.2 Å². The quantitative estimate of drug-likeness (QED) is 0.738. The number of hydrogen-bond donors (Lipinski definition) is 2. The van der Waals surface area contributed by atoms with Crippen LogP contribution in [0.5, 0.6) is 0 Å². The Balaban J connectivity index is 1.54. The number of fused-ring (bicyclic) bond motifs is 1. The van der Waals surface area contributed by atoms with E-state index in [1.54, 1.807) is 0 Å². The second-order valence-electron chi connectivity index (χ2n) is 5.82. The van der Waals surface area contributed by atoms with Crippen molar-refractivity contribution in [1.29, 1.82) is 0 Å². The van der Waals surface area contributed by atoms with Crippen molar-refractivity contribution in [3.05, 3.63) is 0 Å². The minimum atomic E-state index is -0.0488. The molecule has 0 amide bonds. The van der Waals surface area contributed by atoms with E-state index >= 15 is 0 Å². The van der Waals surface area contributed by atoms with Crippen molar-refractivity contribution in [3.8, 4) is 0 Å². The fraction of sp³-hybridized carbons (Fsp3) is 1.00. The molecule has 0 aromatic rings. The Labute approximate surface area is 98.2 Å². The second-order valence-corrected chi connectivity index (χ2v) is 5.82. The maximum Gasteiger partial charge on any atom is 0.0555 e. The Morgan fingerprint density at radius 2 is 1.94 bits per heavy atom. The van der Waals surface area contributed by atoms with E-state index in [9.17, 15) is 5.11 Å². The van der Waals surface area contributed by atoms with E-state index in [0.717, 1.165) is 18.9 Å². The maximum absolute atomic E-state index is 9.69. The fourth-order valence-electron chi connectivity index (χ4n) is 3.90. The minimum absolute atomic E-state index is 0.0488. The standard InChI is InChI=1S/C13H24N2O/c16-11-4-1-3-10(9-11)14-12-6-8-15-7-2-5-13(12)15/h10-14,16H,1-9H2. The van der Waals surface area contributed by atoms with Gasteiger partial charge in [0.05, 0.1) is 6.10 Å². The summed E-state index contributed by atoms with van der Waals surface area (Å²) in [4.78, 5) is 2.65. The van der Waals surface area contributed by atoms with Crippen molar-refractivity contribution in [2.24, 2.45) is 0 Å². The molecule has 0 spiro atoms. The van der Waals surface area contributed by atoms with Gasteiger partial charge in [-0.05, 0) is 51.5 Å². The highest BCUT2D eigenvalue weighted by Gasteiger charge is 2.38. The Hall–Kier alpha value is -0.120. The third kappa shape index (κ3) is 2.13. The Morgan fingerprint density at radius 3 is 2.81 bits per heavy atom. The minimum Gasteiger partial charge on any atom is -0.393 e. The van der Waals surface area contributed by atoms with Gasteiger partial charge in [0.25, 0.3) is 0 Å². The average Bonchev–Trinajstić information content (AvgIpc) is 2.83. The Morgan fingerprint density at radius 1 is 1.00 bits per heavy atom. The van der Waals surface area contributed by atoms with Crippen LogP contribution in [0.15, 0.2) is 0 Å². The van der Waals surface area contributed by atoms with Crippen LogP contribution in [0.3, 0.4) is 0 Å². The highest BCUT2D eigenvalue weighted by atomic mass is 16.3. The summed E-state index contributed by atoms with van der Waals surface area (Å²) < 4.78 is 0. The molecule has 0 aromatic heterocycles. The summed E-state index contributed by atoms with van der Waals surface area (Å²) >= 11 is 0. The van der Waals surface area contributed by atoms with Gasteiger partial charge in [0.1, 0.15) is 0 Å². The van der Waals surface area contributed by atoms with Crippen molar-refractivity contribution in [2.45, 2.75) is 69.2 Å². The van der Waals surface area contributed by atoms with Crippen LogP contribution >= 0.6 is 0 Å². The van der Waals surface area contributed by atoms with Gasteiger partial charge in [-0.25, -0.2) is 0 Å². The molecule has 3 rings (SSSR count). The first-order chi connectivity index (χ1) is 7.83. The monoisotopic (exact) mass is 224 g/mol. The van der Waals surface area contributed by atoms with Crippen LogP contribution in [0.2, 0.25) is 0 Å². The topological polar surface area (TPSA) is 35.5 Å². The molecule has 4 atom stereocenters. The first-order valence-corrected chi connectivity index (χ1v) is 7.01. The maximum atomic E-state index is 9.69. The molecule has 0 bridgehead atoms. The lowest BCUT2D eigenvalue weighted by Crippen LogP contribution is -2.46. The lowest BCUT2D eigenvalue weighted by molar-refractivity contribution is 0.107. The molecule has 92 valence electrons. The normalized spacial score (nSPS) is 44.8. The molecule has 16 heavy (non-hydrogen) atoms. The zero-order valence-corrected chi connectivity index (χ0v) is 10.1. The summed E-state index contributed by atoms with van der Waals surface area (Å²) in [7, 11) is 0. The largest absolute Gasteiger partial charge is 0.393 e. The fourth-order valence-corrected chi connectivity index (χ4v) is 3.90. The number of nitrogens with one attached hydrogen (secondary N) is 1. The smallest absolute Gasteiger partial charge is 0.0555 e. The molecule has 4 unspecified atom stereocenters. The average molecular weight is 224 g/mol. The summed E-state index contributed by atoms with van der Waals surface area (Å²) in [5.41, 5.74) is 0. The van der Waals surface area contributed by atoms with E-state index in [-0.39, 0.29) is 6.10 Å². The third-order valence-corrected chi connectivity index (χ3v) is 4.70. The predicted octanol–water partition coefficient (Wildman–Crippen LogP) is 1.12. The molecular weight excluding hydrogens is 200 g/mol. The lowest BCUT2D eigenvalue weighted by Gasteiger charge is -2.31. The van der Waals surface area contributed by atoms with Gasteiger partial charge in [-0.15, -0.1) is 0 Å². The summed E-state index contributed by atoms with van der Waals surface area (Å²) in [6.07, 6.45) is 8.48. The van der Waals surface area contributed by atoms with Crippen molar-refractivity contribution in [3.63, 3.8) is 0 Å². The zero-order valence-electron chi connectivity index (χ0n) is 10.1. The van der Waals surface area contributed by atoms with Gasteiger partial charge in [-0.2, -0.15) is 0 Å². The van der Waals surface area contributed by atoms with Crippen molar-refractivity contribution in [1.82, 2.24) is 10.2 Å². The first kappa shape index (κ1) is 11.0. The van der Waals surface area contributed by atoms with Crippen LogP contribution in [0, 0.1) is 0 Å². The van der Waals surface area contributed by atoms with Crippen molar-refractivity contribution >= 4 is 0 Å². The van der Waals surface area contributed by atoms with Gasteiger partial charge < -0.3 is 10.4 Å². The van der Waals surface area contributed by atoms with Crippen LogP contribution < -0.4 is 5.32 Å². The van der Waals surface area contributed by atoms with Crippen LogP contribution in [-0.2, 0) is 0 Å². The molecule has 1 saturated carbocycles. The second kappa shape index (κ2) is 4.63. The predicted molar refractivity (Wildman–Crippen MR) is 64.4 cm³/mol. The van der Waals surface area contributed by atoms with Gasteiger partial charge in [0, 0.05) is 24.7 Å². The molecular formula is C13H24N2O. The molecule has 3 heteroatoms. The van der Waals surface area contributed by atoms with Crippen LogP contribution in [0.4, 0.5) is 0 Å². The molecule has 0 radical (unpaired) electrons. The van der Waals surface area contributed by atoms with Crippen molar-refractivity contribution < 1.29 is 5.11 Å². The summed E-state index contributed by atoms with van der Waals surface area (Å²) in [5.74, 6) is 0. The zero-order chi connectivity index (χ0) is 11.0. The highest BCUT2D eigenvalue weighted by Crippen LogP contribution is 2.29. The van der Waals surface area contributed by atoms with Gasteiger partial charge in [-0.3, -0.25) is 4.90 Å². The highest BCUT2D eigenvalue weighted by molar-refractivity contribution is 4.97. The van der Waals surface area contributed by atoms with Gasteiger partial charge in [0.15, 0.2) is 0 Å². The van der Waals surface area contributed by atoms with E-state index in [1.807, 2.05) is 0 Å². The number of rotatable bonds is 2. The van der Waals surface area contributed by atoms with E-state index < -0.39 is 0 Å². The van der Waals surface area contributed by atoms with Crippen LogP contribution in [0.1, 0.15) is 44.9 Å². The molecule has 2 heterocycles. The van der Waals surface area contributed by atoms with E-state index in [0.29, 0.717) is 12.1 Å². The van der Waals surface area contributed by atoms with E-state index in [1.165, 1.54) is 45.2 Å². The number of nitrogens with zero attached hydrogens (tertiary/aromatic N) is 1. The van der Waals surface area contributed by atoms with Gasteiger partial charge in [-0.1, -0.05) is 0 Å². The molecule has 3 aliphatic rings. The number of hydrogen-bond acceptors (Lipinski definition) is 3. The molecule has 2 saturated heterocycles. The first-order valence-electron chi connectivity index (χ1n) is 7.01. The number of aliphatic hydroxyl groups is 1. The Bertz CT molecular complexity index is 246. The summed E-state index contributed by atoms with van der Waals surface area (Å²) in [6, 6.07) is 2.09. The number of aliphatic hydroxyl groups excluding tert-OH is 1. The Kier molecular flexibility index (Phi) is 3.18. The molecule has 3 nitrogen and oxygen atoms in total. The molecule has 2 N–H and O–H groups in total. The van der Waals surface area contributed by atoms with Gasteiger partial charge >= 0.3 is 0 Å². The summed E-state index contributed by atoms with van der Waals surface area (Å²) in [5, 5.41) is 13.5. The third-order valence-electron chi connectivity index (χ3n) is 4.70. The lowest BCUT2D eigenvalue weighted by atomic mass is 9.91. The molecule has 3 fully saturated rings. The molecule has 1 aliphatic carbocycles. The van der Waals surface area contributed by atoms with Crippen molar-refractivity contribution in [2.75, 3.05) is 13.1 Å². The SMILES string of the molecule is OC1CCCC(NC2CCN3CCCC23)C1. The molecule has 0 aromatic carbocycles. The van der Waals surface area contributed by atoms with Gasteiger partial charge in [0.2, 0.25) is 0 Å².